The molecule has 0 bridgehead atoms. The summed E-state index contributed by atoms with van der Waals surface area (Å²) in [5, 5.41) is 0. The molecule has 0 spiro atoms. The van der Waals surface area contributed by atoms with Crippen LogP contribution in [0, 0.1) is 48.5 Å². The van der Waals surface area contributed by atoms with Gasteiger partial charge in [-0.15, -0.1) is 0 Å². The second-order valence-corrected chi connectivity index (χ2v) is 14.5. The first kappa shape index (κ1) is 16.7. The van der Waals surface area contributed by atoms with Gasteiger partial charge in [0.1, 0.15) is 0 Å². The van der Waals surface area contributed by atoms with E-state index in [1.807, 2.05) is 0 Å². The Morgan fingerprint density at radius 3 is 1.07 bits per heavy atom. The smallest absolute Gasteiger partial charge is 0 e. The summed E-state index contributed by atoms with van der Waals surface area (Å²) in [6, 6.07) is 21.9. The number of rotatable bonds is 2. The van der Waals surface area contributed by atoms with E-state index in [-0.39, 0.29) is 17.1 Å². The molecular weight excluding hydrogens is 648 g/mol. The third-order valence-electron chi connectivity index (χ3n) is 1.25. The van der Waals surface area contributed by atoms with Gasteiger partial charge in [0.15, 0.2) is 0 Å². The first-order valence-corrected chi connectivity index (χ1v) is 22.8. The van der Waals surface area contributed by atoms with Crippen molar-refractivity contribution in [3.8, 4) is 0 Å². The van der Waals surface area contributed by atoms with Gasteiger partial charge in [-0.25, -0.2) is 0 Å². The van der Waals surface area contributed by atoms with Crippen molar-refractivity contribution in [3.63, 3.8) is 0 Å². The Balaban J connectivity index is 0.000000245. The van der Waals surface area contributed by atoms with Crippen LogP contribution in [0.5, 0.6) is 0 Å². The predicted octanol–water partition coefficient (Wildman–Crippen LogP) is 0.933. The SMILES string of the molecule is [Cl][Hg][c-]1[c-][c-][c-][c-]1.[Cl][Hg][c-]1[c-][c-][c-][c-]1.[Fe]. The molecule has 0 saturated carbocycles. The summed E-state index contributed by atoms with van der Waals surface area (Å²) in [5.41, 5.74) is 0. The Morgan fingerprint density at radius 2 is 0.933 bits per heavy atom. The summed E-state index contributed by atoms with van der Waals surface area (Å²) in [5.74, 6) is 0. The minimum absolute atomic E-state index is 0. The molecule has 0 saturated heterocycles. The first-order valence-electron chi connectivity index (χ1n) is 3.74. The van der Waals surface area contributed by atoms with Gasteiger partial charge in [0.25, 0.3) is 0 Å². The average Bonchev–Trinajstić information content (AvgIpc) is 2.92. The Labute approximate surface area is 133 Å². The van der Waals surface area contributed by atoms with Crippen LogP contribution in [0.4, 0.5) is 0 Å². The Kier molecular flexibility index (Phi) is 12.0. The molecule has 0 N–H and O–H groups in total. The van der Waals surface area contributed by atoms with Crippen LogP contribution in [0.1, 0.15) is 0 Å². The van der Waals surface area contributed by atoms with Crippen LogP contribution in [0.25, 0.3) is 0 Å². The van der Waals surface area contributed by atoms with Crippen molar-refractivity contribution in [1.82, 2.24) is 0 Å². The maximum absolute atomic E-state index is 5.59. The van der Waals surface area contributed by atoms with Gasteiger partial charge in [0.05, 0.1) is 0 Å². The first-order chi connectivity index (χ1) is 6.86. The average molecular weight is 648 g/mol. The Hall–Kier alpha value is 1.67. The maximum Gasteiger partial charge on any atom is 0 e. The molecule has 76 valence electrons. The van der Waals surface area contributed by atoms with E-state index in [2.05, 4.69) is 48.5 Å². The predicted molar refractivity (Wildman–Crippen MR) is 45.7 cm³/mol. The molecule has 15 heavy (non-hydrogen) atoms. The molecule has 0 aliphatic rings. The van der Waals surface area contributed by atoms with Crippen molar-refractivity contribution < 1.29 is 63.7 Å². The molecule has 5 heteroatoms. The minimum Gasteiger partial charge on any atom is 0 e. The molecule has 0 nitrogen and oxygen atoms in total. The quantitative estimate of drug-likeness (QED) is 0.337. The van der Waals surface area contributed by atoms with Crippen LogP contribution in [-0.4, -0.2) is 0 Å². The summed E-state index contributed by atoms with van der Waals surface area (Å²) >= 11 is -2.37. The molecule has 2 aromatic rings. The van der Waals surface area contributed by atoms with Crippen molar-refractivity contribution in [2.45, 2.75) is 0 Å². The maximum atomic E-state index is 5.59. The van der Waals surface area contributed by atoms with E-state index in [9.17, 15) is 0 Å². The van der Waals surface area contributed by atoms with E-state index in [0.29, 0.717) is 0 Å². The molecule has 0 atom stereocenters. The molecule has 2 rings (SSSR count). The molecule has 0 fully saturated rings. The zero-order chi connectivity index (χ0) is 10.2. The van der Waals surface area contributed by atoms with Gasteiger partial charge in [-0.2, -0.15) is 0 Å². The second-order valence-electron chi connectivity index (χ2n) is 2.22. The van der Waals surface area contributed by atoms with Gasteiger partial charge >= 0.3 is 118 Å². The Morgan fingerprint density at radius 1 is 0.667 bits per heavy atom. The van der Waals surface area contributed by atoms with E-state index in [1.54, 1.807) is 0 Å². The third kappa shape index (κ3) is 7.57. The van der Waals surface area contributed by atoms with Gasteiger partial charge in [-0.3, -0.25) is 0 Å². The molecule has 2 aromatic carbocycles. The minimum atomic E-state index is -1.18. The summed E-state index contributed by atoms with van der Waals surface area (Å²) in [6.45, 7) is 0. The number of hydrogen-bond acceptors (Lipinski definition) is 0. The topological polar surface area (TPSA) is 0 Å². The van der Waals surface area contributed by atoms with Gasteiger partial charge in [0, 0.05) is 17.1 Å². The van der Waals surface area contributed by atoms with Gasteiger partial charge < -0.3 is 0 Å². The fourth-order valence-electron chi connectivity index (χ4n) is 0.623. The van der Waals surface area contributed by atoms with E-state index < -0.39 is 46.7 Å². The van der Waals surface area contributed by atoms with E-state index in [4.69, 9.17) is 16.5 Å². The van der Waals surface area contributed by atoms with Crippen LogP contribution in [-0.2, 0) is 63.7 Å². The van der Waals surface area contributed by atoms with Crippen molar-refractivity contribution in [1.29, 1.82) is 0 Å². The molecule has 0 unspecified atom stereocenters. The van der Waals surface area contributed by atoms with E-state index in [0.717, 1.165) is 6.14 Å². The normalized spacial score (nSPS) is 7.60. The third-order valence-corrected chi connectivity index (χ3v) is 10.8. The zero-order valence-electron chi connectivity index (χ0n) is 7.52. The largest absolute Gasteiger partial charge is 0 e. The van der Waals surface area contributed by atoms with Gasteiger partial charge in [0.2, 0.25) is 0 Å². The van der Waals surface area contributed by atoms with Crippen molar-refractivity contribution in [3.05, 3.63) is 48.5 Å². The molecule has 0 amide bonds. The molecule has 0 aliphatic carbocycles. The van der Waals surface area contributed by atoms with Crippen LogP contribution in [0.2, 0.25) is 0 Å². The summed E-state index contributed by atoms with van der Waals surface area (Å²) < 4.78 is 2.11. The Bertz CT molecular complexity index is 285. The standard InChI is InChI=1S/2C5.2ClH.Fe.2Hg/c2*1-2-4-5-3-1;;;;;/h;;2*1H;;;/q2*-5;;;;2*+1/p-2. The van der Waals surface area contributed by atoms with Crippen LogP contribution < -0.4 is 6.14 Å². The van der Waals surface area contributed by atoms with Gasteiger partial charge in [-0.1, -0.05) is 0 Å². The summed E-state index contributed by atoms with van der Waals surface area (Å²) in [4.78, 5) is 0. The van der Waals surface area contributed by atoms with E-state index in [1.165, 1.54) is 0 Å². The summed E-state index contributed by atoms with van der Waals surface area (Å²) in [7, 11) is 11.2. The second kappa shape index (κ2) is 10.8. The molecular formula is C10Cl2FeHg2-10. The van der Waals surface area contributed by atoms with E-state index >= 15 is 0 Å². The van der Waals surface area contributed by atoms with Crippen molar-refractivity contribution in [2.24, 2.45) is 0 Å². The van der Waals surface area contributed by atoms with Crippen LogP contribution in [0.15, 0.2) is 0 Å². The van der Waals surface area contributed by atoms with Crippen molar-refractivity contribution in [2.75, 3.05) is 0 Å². The number of hydrogen-bond donors (Lipinski definition) is 0. The van der Waals surface area contributed by atoms with Crippen LogP contribution >= 0.6 is 16.5 Å². The molecule has 0 aliphatic heterocycles. The fraction of sp³-hybridized carbons (Fsp3) is 0. The molecule has 0 radical (unpaired) electrons. The molecule has 0 aromatic heterocycles. The summed E-state index contributed by atoms with van der Waals surface area (Å²) in [6.07, 6.45) is 0. The fourth-order valence-corrected chi connectivity index (χ4v) is 5.38. The van der Waals surface area contributed by atoms with Crippen LogP contribution in [0.3, 0.4) is 0 Å². The monoisotopic (exact) mass is 650 g/mol. The van der Waals surface area contributed by atoms with Gasteiger partial charge in [-0.05, 0) is 0 Å². The zero-order valence-corrected chi connectivity index (χ0v) is 21.1. The van der Waals surface area contributed by atoms with Crippen molar-refractivity contribution >= 4 is 22.6 Å². The molecule has 0 heterocycles. The number of halogens is 2.